The fourth-order valence-corrected chi connectivity index (χ4v) is 2.79. The number of ether oxygens (including phenoxy) is 2. The molecule has 128 valence electrons. The van der Waals surface area contributed by atoms with E-state index < -0.39 is 32.3 Å². The maximum Gasteiger partial charge on any atom is 0.350 e. The number of rotatable bonds is 5. The molecule has 1 aliphatic rings. The summed E-state index contributed by atoms with van der Waals surface area (Å²) in [4.78, 5) is 32.6. The van der Waals surface area contributed by atoms with Gasteiger partial charge in [-0.2, -0.15) is 0 Å². The molecule has 0 aliphatic carbocycles. The summed E-state index contributed by atoms with van der Waals surface area (Å²) >= 11 is 0. The van der Waals surface area contributed by atoms with E-state index in [0.717, 1.165) is 0 Å². The van der Waals surface area contributed by atoms with Gasteiger partial charge in [0.15, 0.2) is 11.5 Å². The predicted molar refractivity (Wildman–Crippen MR) is 79.4 cm³/mol. The first-order valence-electron chi connectivity index (χ1n) is 6.65. The molecule has 0 saturated carbocycles. The Labute approximate surface area is 134 Å². The third-order valence-electron chi connectivity index (χ3n) is 3.41. The van der Waals surface area contributed by atoms with E-state index in [-0.39, 0.29) is 12.4 Å². The van der Waals surface area contributed by atoms with Gasteiger partial charge < -0.3 is 25.0 Å². The zero-order valence-corrected chi connectivity index (χ0v) is 13.0. The predicted octanol–water partition coefficient (Wildman–Crippen LogP) is 0.137. The van der Waals surface area contributed by atoms with Gasteiger partial charge in [-0.1, -0.05) is 5.11 Å². The molecule has 0 unspecified atom stereocenters. The van der Waals surface area contributed by atoms with Gasteiger partial charge in [-0.3, -0.25) is 9.13 Å². The fourth-order valence-electron chi connectivity index (χ4n) is 2.41. The van der Waals surface area contributed by atoms with Crippen LogP contribution in [0.1, 0.15) is 6.23 Å². The molecule has 1 aliphatic heterocycles. The van der Waals surface area contributed by atoms with Gasteiger partial charge in [-0.05, 0) is 5.53 Å². The van der Waals surface area contributed by atoms with Crippen LogP contribution in [-0.2, 0) is 14.0 Å². The highest BCUT2D eigenvalue weighted by atomic mass is 31.2. The topological polar surface area (TPSA) is 194 Å². The summed E-state index contributed by atoms with van der Waals surface area (Å²) in [6, 6.07) is -0.866. The van der Waals surface area contributed by atoms with Gasteiger partial charge in [-0.15, -0.1) is 0 Å². The van der Waals surface area contributed by atoms with Crippen molar-refractivity contribution in [1.29, 1.82) is 0 Å². The second-order valence-electron chi connectivity index (χ2n) is 5.00. The van der Waals surface area contributed by atoms with Gasteiger partial charge in [0.2, 0.25) is 0 Å². The quantitative estimate of drug-likeness (QED) is 0.289. The van der Waals surface area contributed by atoms with Crippen molar-refractivity contribution >= 4 is 24.6 Å². The normalized spacial score (nSPS) is 24.2. The molecule has 0 amide bonds. The molecule has 13 nitrogen and oxygen atoms in total. The van der Waals surface area contributed by atoms with Crippen LogP contribution in [0.5, 0.6) is 0 Å². The van der Waals surface area contributed by atoms with Gasteiger partial charge in [-0.25, -0.2) is 15.0 Å². The molecule has 2 aromatic heterocycles. The molecule has 24 heavy (non-hydrogen) atoms. The van der Waals surface area contributed by atoms with Crippen LogP contribution >= 0.6 is 7.60 Å². The van der Waals surface area contributed by atoms with Crippen LogP contribution in [0.15, 0.2) is 17.8 Å². The number of imidazole rings is 1. The maximum absolute atomic E-state index is 11.0. The molecule has 2 aromatic rings. The van der Waals surface area contributed by atoms with Crippen LogP contribution in [0, 0.1) is 0 Å². The third-order valence-corrected chi connectivity index (χ3v) is 3.89. The van der Waals surface area contributed by atoms with Crippen LogP contribution < -0.4 is 5.73 Å². The Morgan fingerprint density at radius 1 is 1.54 bits per heavy atom. The maximum atomic E-state index is 11.0. The summed E-state index contributed by atoms with van der Waals surface area (Å²) in [7, 11) is -4.36. The second-order valence-corrected chi connectivity index (χ2v) is 6.59. The van der Waals surface area contributed by atoms with Crippen LogP contribution in [0.3, 0.4) is 0 Å². The average Bonchev–Trinajstić information content (AvgIpc) is 3.10. The van der Waals surface area contributed by atoms with Crippen molar-refractivity contribution < 1.29 is 23.8 Å². The van der Waals surface area contributed by atoms with Crippen LogP contribution in [0.2, 0.25) is 0 Å². The van der Waals surface area contributed by atoms with E-state index in [0.29, 0.717) is 11.2 Å². The molecule has 3 rings (SSSR count). The van der Waals surface area contributed by atoms with Gasteiger partial charge in [0, 0.05) is 4.91 Å². The molecule has 1 saturated heterocycles. The summed E-state index contributed by atoms with van der Waals surface area (Å²) in [5.41, 5.74) is 15.2. The lowest BCUT2D eigenvalue weighted by Crippen LogP contribution is -2.29. The molecule has 0 bridgehead atoms. The lowest BCUT2D eigenvalue weighted by molar-refractivity contribution is 0.0357. The highest BCUT2D eigenvalue weighted by molar-refractivity contribution is 7.51. The van der Waals surface area contributed by atoms with E-state index in [4.69, 9.17) is 30.5 Å². The van der Waals surface area contributed by atoms with E-state index in [9.17, 15) is 4.57 Å². The van der Waals surface area contributed by atoms with E-state index in [1.54, 1.807) is 0 Å². The fraction of sp³-hybridized carbons (Fsp3) is 0.500. The Bertz CT molecular complexity index is 845. The van der Waals surface area contributed by atoms with Crippen molar-refractivity contribution in [2.24, 2.45) is 5.11 Å². The standard InChI is InChI=1S/C10H13N8O5P/c11-8-7-9(14-2-13-8)18(3-15-7)10-6(16-17-12)5(1-22-10)23-4-24(19,20)21/h2-3,5-6,10H,1,4H2,(H2,11,13,14)(H2,19,20,21)/t5-,6-,10+/m0/s1. The third kappa shape index (κ3) is 3.17. The van der Waals surface area contributed by atoms with Crippen LogP contribution in [0.25, 0.3) is 21.6 Å². The summed E-state index contributed by atoms with van der Waals surface area (Å²) in [6.45, 7) is -0.0193. The number of azide groups is 1. The molecule has 14 heteroatoms. The van der Waals surface area contributed by atoms with E-state index >= 15 is 0 Å². The summed E-state index contributed by atoms with van der Waals surface area (Å²) in [6.07, 6.45) is 0.239. The van der Waals surface area contributed by atoms with Gasteiger partial charge in [0.05, 0.1) is 19.0 Å². The molecular weight excluding hydrogens is 343 g/mol. The Morgan fingerprint density at radius 2 is 2.33 bits per heavy atom. The average molecular weight is 356 g/mol. The minimum atomic E-state index is -4.36. The summed E-state index contributed by atoms with van der Waals surface area (Å²) < 4.78 is 23.2. The highest BCUT2D eigenvalue weighted by Gasteiger charge is 2.40. The van der Waals surface area contributed by atoms with Crippen LogP contribution in [-0.4, -0.2) is 54.4 Å². The van der Waals surface area contributed by atoms with Gasteiger partial charge in [0.25, 0.3) is 0 Å². The second kappa shape index (κ2) is 6.32. The van der Waals surface area contributed by atoms with Crippen molar-refractivity contribution in [3.63, 3.8) is 0 Å². The number of nitrogen functional groups attached to an aromatic ring is 1. The number of hydrogen-bond donors (Lipinski definition) is 3. The smallest absolute Gasteiger partial charge is 0.350 e. The minimum Gasteiger partial charge on any atom is -0.382 e. The number of anilines is 1. The largest absolute Gasteiger partial charge is 0.382 e. The minimum absolute atomic E-state index is 0.0193. The SMILES string of the molecule is [N-]=[N+]=N[C@H]1[C@@H](OCP(=O)(O)O)CO[C@H]1n1cnc2c(N)ncnc21. The number of nitrogens with two attached hydrogens (primary N) is 1. The van der Waals surface area contributed by atoms with Crippen molar-refractivity contribution in [2.45, 2.75) is 18.4 Å². The highest BCUT2D eigenvalue weighted by Crippen LogP contribution is 2.37. The molecule has 1 fully saturated rings. The number of fused-ring (bicyclic) bond motifs is 1. The van der Waals surface area contributed by atoms with E-state index in [2.05, 4.69) is 25.0 Å². The molecule has 0 spiro atoms. The zero-order valence-electron chi connectivity index (χ0n) is 12.1. The number of aromatic nitrogens is 4. The van der Waals surface area contributed by atoms with Crippen LogP contribution in [0.4, 0.5) is 5.82 Å². The lowest BCUT2D eigenvalue weighted by atomic mass is 10.2. The Balaban J connectivity index is 1.90. The first-order valence-corrected chi connectivity index (χ1v) is 8.45. The number of hydrogen-bond acceptors (Lipinski definition) is 8. The Kier molecular flexibility index (Phi) is 4.37. The van der Waals surface area contributed by atoms with Gasteiger partial charge in [0.1, 0.15) is 30.5 Å². The molecule has 0 radical (unpaired) electrons. The van der Waals surface area contributed by atoms with E-state index in [1.165, 1.54) is 17.2 Å². The van der Waals surface area contributed by atoms with Gasteiger partial charge >= 0.3 is 7.60 Å². The zero-order chi connectivity index (χ0) is 17.3. The first kappa shape index (κ1) is 16.6. The Hall–Kier alpha value is -2.27. The summed E-state index contributed by atoms with van der Waals surface area (Å²) in [5, 5.41) is 3.63. The number of nitrogens with zero attached hydrogens (tertiary/aromatic N) is 7. The lowest BCUT2D eigenvalue weighted by Gasteiger charge is -2.19. The summed E-state index contributed by atoms with van der Waals surface area (Å²) in [5.74, 6) is 0.186. The van der Waals surface area contributed by atoms with E-state index in [1.807, 2.05) is 0 Å². The molecular formula is C10H13N8O5P. The first-order chi connectivity index (χ1) is 11.4. The molecule has 3 heterocycles. The van der Waals surface area contributed by atoms with Crippen molar-refractivity contribution in [3.05, 3.63) is 23.1 Å². The molecule has 0 aromatic carbocycles. The molecule has 4 N–H and O–H groups in total. The monoisotopic (exact) mass is 356 g/mol. The van der Waals surface area contributed by atoms with Crippen molar-refractivity contribution in [2.75, 3.05) is 18.7 Å². The van der Waals surface area contributed by atoms with Crippen molar-refractivity contribution in [1.82, 2.24) is 19.5 Å². The van der Waals surface area contributed by atoms with Crippen molar-refractivity contribution in [3.8, 4) is 0 Å². The Morgan fingerprint density at radius 3 is 3.04 bits per heavy atom. The molecule has 3 atom stereocenters.